The molecule has 13 heavy (non-hydrogen) atoms. The quantitative estimate of drug-likeness (QED) is 0.702. The van der Waals surface area contributed by atoms with Gasteiger partial charge in [-0.1, -0.05) is 0 Å². The summed E-state index contributed by atoms with van der Waals surface area (Å²) >= 11 is 0. The van der Waals surface area contributed by atoms with Gasteiger partial charge >= 0.3 is 0 Å². The Morgan fingerprint density at radius 1 is 1.54 bits per heavy atom. The van der Waals surface area contributed by atoms with Gasteiger partial charge in [0.25, 0.3) is 0 Å². The van der Waals surface area contributed by atoms with E-state index in [2.05, 4.69) is 4.98 Å². The van der Waals surface area contributed by atoms with Crippen LogP contribution in [0.25, 0.3) is 11.1 Å². The summed E-state index contributed by atoms with van der Waals surface area (Å²) in [6.07, 6.45) is 0. The van der Waals surface area contributed by atoms with Gasteiger partial charge in [-0.3, -0.25) is 0 Å². The van der Waals surface area contributed by atoms with E-state index in [4.69, 9.17) is 15.4 Å². The molecule has 0 unspecified atom stereocenters. The van der Waals surface area contributed by atoms with Gasteiger partial charge in [-0.15, -0.1) is 0 Å². The lowest BCUT2D eigenvalue weighted by atomic mass is 10.2. The topological polar surface area (TPSA) is 75.8 Å². The summed E-state index contributed by atoms with van der Waals surface area (Å²) in [5, 5.41) is 8.62. The number of aromatic nitrogens is 1. The highest BCUT2D eigenvalue weighted by Crippen LogP contribution is 2.16. The van der Waals surface area contributed by atoms with E-state index >= 15 is 0 Å². The van der Waals surface area contributed by atoms with Crippen molar-refractivity contribution in [3.05, 3.63) is 29.7 Å². The fourth-order valence-corrected chi connectivity index (χ4v) is 1.13. The van der Waals surface area contributed by atoms with E-state index in [-0.39, 0.29) is 6.54 Å². The second-order valence-electron chi connectivity index (χ2n) is 2.61. The van der Waals surface area contributed by atoms with Crippen molar-refractivity contribution in [2.75, 3.05) is 0 Å². The monoisotopic (exact) mass is 173 g/mol. The van der Waals surface area contributed by atoms with Gasteiger partial charge in [-0.2, -0.15) is 5.26 Å². The molecule has 64 valence electrons. The van der Waals surface area contributed by atoms with Gasteiger partial charge < -0.3 is 10.2 Å². The Balaban J connectivity index is 2.65. The molecule has 4 nitrogen and oxygen atoms in total. The molecule has 0 atom stereocenters. The van der Waals surface area contributed by atoms with Crippen molar-refractivity contribution < 1.29 is 4.42 Å². The van der Waals surface area contributed by atoms with E-state index in [0.717, 1.165) is 5.52 Å². The zero-order valence-electron chi connectivity index (χ0n) is 6.82. The molecular weight excluding hydrogens is 166 g/mol. The molecule has 1 aromatic carbocycles. The van der Waals surface area contributed by atoms with Gasteiger partial charge in [0.05, 0.1) is 18.2 Å². The molecule has 0 aliphatic rings. The fourth-order valence-electron chi connectivity index (χ4n) is 1.13. The zero-order valence-corrected chi connectivity index (χ0v) is 6.82. The Bertz CT molecular complexity index is 481. The molecule has 0 aliphatic heterocycles. The minimum atomic E-state index is 0.274. The molecule has 2 rings (SSSR count). The molecule has 0 bridgehead atoms. The largest absolute Gasteiger partial charge is 0.439 e. The van der Waals surface area contributed by atoms with Crippen LogP contribution in [-0.2, 0) is 6.54 Å². The maximum atomic E-state index is 8.62. The minimum Gasteiger partial charge on any atom is -0.439 e. The summed E-state index contributed by atoms with van der Waals surface area (Å²) in [6, 6.07) is 7.13. The molecule has 4 heteroatoms. The minimum absolute atomic E-state index is 0.274. The SMILES string of the molecule is N#Cc1ccc2nc(CN)oc2c1. The number of nitrogens with zero attached hydrogens (tertiary/aromatic N) is 2. The Morgan fingerprint density at radius 2 is 2.38 bits per heavy atom. The molecular formula is C9H7N3O. The zero-order chi connectivity index (χ0) is 9.26. The van der Waals surface area contributed by atoms with Crippen LogP contribution in [0.5, 0.6) is 0 Å². The van der Waals surface area contributed by atoms with Crippen LogP contribution in [-0.4, -0.2) is 4.98 Å². The van der Waals surface area contributed by atoms with E-state index in [1.807, 2.05) is 6.07 Å². The Labute approximate surface area is 74.6 Å². The van der Waals surface area contributed by atoms with Crippen LogP contribution in [0.4, 0.5) is 0 Å². The highest BCUT2D eigenvalue weighted by molar-refractivity contribution is 5.74. The second kappa shape index (κ2) is 2.88. The van der Waals surface area contributed by atoms with Crippen LogP contribution in [0, 0.1) is 11.3 Å². The number of hydrogen-bond acceptors (Lipinski definition) is 4. The van der Waals surface area contributed by atoms with E-state index in [1.165, 1.54) is 0 Å². The average Bonchev–Trinajstić information content (AvgIpc) is 2.58. The number of rotatable bonds is 1. The smallest absolute Gasteiger partial charge is 0.209 e. The Hall–Kier alpha value is -1.86. The highest BCUT2D eigenvalue weighted by Gasteiger charge is 2.03. The van der Waals surface area contributed by atoms with Crippen molar-refractivity contribution in [2.24, 2.45) is 5.73 Å². The Morgan fingerprint density at radius 3 is 3.08 bits per heavy atom. The summed E-state index contributed by atoms with van der Waals surface area (Å²) in [5.74, 6) is 0.491. The molecule has 0 spiro atoms. The molecule has 0 radical (unpaired) electrons. The van der Waals surface area contributed by atoms with E-state index < -0.39 is 0 Å². The third-order valence-corrected chi connectivity index (χ3v) is 1.74. The lowest BCUT2D eigenvalue weighted by molar-refractivity contribution is 0.533. The number of nitrogens with two attached hydrogens (primary N) is 1. The first-order chi connectivity index (χ1) is 6.33. The number of fused-ring (bicyclic) bond motifs is 1. The standard InChI is InChI=1S/C9H7N3O/c10-4-6-1-2-7-8(3-6)13-9(5-11)12-7/h1-3H,5,11H2. The predicted octanol–water partition coefficient (Wildman–Crippen LogP) is 1.16. The van der Waals surface area contributed by atoms with Crippen LogP contribution in [0.1, 0.15) is 11.5 Å². The molecule has 0 aliphatic carbocycles. The summed E-state index contributed by atoms with van der Waals surface area (Å²) < 4.78 is 5.27. The van der Waals surface area contributed by atoms with Crippen LogP contribution in [0.15, 0.2) is 22.6 Å². The molecule has 0 fully saturated rings. The average molecular weight is 173 g/mol. The molecule has 2 aromatic rings. The molecule has 0 saturated carbocycles. The number of benzene rings is 1. The van der Waals surface area contributed by atoms with E-state index in [1.54, 1.807) is 18.2 Å². The highest BCUT2D eigenvalue weighted by atomic mass is 16.3. The lowest BCUT2D eigenvalue weighted by Gasteiger charge is -1.85. The van der Waals surface area contributed by atoms with Gasteiger partial charge in [0, 0.05) is 6.07 Å². The molecule has 1 heterocycles. The van der Waals surface area contributed by atoms with Crippen molar-refractivity contribution in [1.82, 2.24) is 4.98 Å². The first kappa shape index (κ1) is 7.77. The van der Waals surface area contributed by atoms with Gasteiger partial charge in [-0.25, -0.2) is 4.98 Å². The number of nitriles is 1. The molecule has 2 N–H and O–H groups in total. The molecule has 0 amide bonds. The maximum absolute atomic E-state index is 8.62. The van der Waals surface area contributed by atoms with Gasteiger partial charge in [0.2, 0.25) is 5.89 Å². The van der Waals surface area contributed by atoms with Crippen molar-refractivity contribution in [3.8, 4) is 6.07 Å². The first-order valence-electron chi connectivity index (χ1n) is 3.83. The van der Waals surface area contributed by atoms with Crippen LogP contribution in [0.3, 0.4) is 0 Å². The van der Waals surface area contributed by atoms with Gasteiger partial charge in [0.1, 0.15) is 5.52 Å². The molecule has 0 saturated heterocycles. The maximum Gasteiger partial charge on any atom is 0.209 e. The Kier molecular flexibility index (Phi) is 1.72. The second-order valence-corrected chi connectivity index (χ2v) is 2.61. The number of oxazole rings is 1. The summed E-state index contributed by atoms with van der Waals surface area (Å²) in [4.78, 5) is 4.11. The van der Waals surface area contributed by atoms with Crippen LogP contribution in [0.2, 0.25) is 0 Å². The van der Waals surface area contributed by atoms with Crippen molar-refractivity contribution in [1.29, 1.82) is 5.26 Å². The van der Waals surface area contributed by atoms with Gasteiger partial charge in [-0.05, 0) is 12.1 Å². The number of hydrogen-bond donors (Lipinski definition) is 1. The van der Waals surface area contributed by atoms with E-state index in [9.17, 15) is 0 Å². The van der Waals surface area contributed by atoms with E-state index in [0.29, 0.717) is 17.0 Å². The third-order valence-electron chi connectivity index (χ3n) is 1.74. The summed E-state index contributed by atoms with van der Waals surface area (Å²) in [5.41, 5.74) is 7.27. The lowest BCUT2D eigenvalue weighted by Crippen LogP contribution is -1.94. The van der Waals surface area contributed by atoms with Crippen molar-refractivity contribution in [3.63, 3.8) is 0 Å². The molecule has 1 aromatic heterocycles. The van der Waals surface area contributed by atoms with Crippen molar-refractivity contribution in [2.45, 2.75) is 6.54 Å². The summed E-state index contributed by atoms with van der Waals surface area (Å²) in [7, 11) is 0. The van der Waals surface area contributed by atoms with Crippen molar-refractivity contribution >= 4 is 11.1 Å². The van der Waals surface area contributed by atoms with Gasteiger partial charge in [0.15, 0.2) is 5.58 Å². The predicted molar refractivity (Wildman–Crippen MR) is 46.6 cm³/mol. The first-order valence-corrected chi connectivity index (χ1v) is 3.83. The third kappa shape index (κ3) is 1.25. The van der Waals surface area contributed by atoms with Crippen LogP contribution < -0.4 is 5.73 Å². The van der Waals surface area contributed by atoms with Crippen LogP contribution >= 0.6 is 0 Å². The normalized spacial score (nSPS) is 10.2. The fraction of sp³-hybridized carbons (Fsp3) is 0.111. The summed E-state index contributed by atoms with van der Waals surface area (Å²) in [6.45, 7) is 0.274.